The zero-order valence-electron chi connectivity index (χ0n) is 16.3. The van der Waals surface area contributed by atoms with Gasteiger partial charge in [0.1, 0.15) is 11.5 Å². The van der Waals surface area contributed by atoms with Crippen LogP contribution < -0.4 is 5.32 Å². The fourth-order valence-electron chi connectivity index (χ4n) is 4.34. The Morgan fingerprint density at radius 2 is 1.81 bits per heavy atom. The van der Waals surface area contributed by atoms with Crippen molar-refractivity contribution < 1.29 is 9.90 Å². The first-order chi connectivity index (χ1) is 12.7. The average Bonchev–Trinajstić information content (AvgIpc) is 2.71. The highest BCUT2D eigenvalue weighted by Gasteiger charge is 2.44. The molecule has 2 atom stereocenters. The topological polar surface area (TPSA) is 61.7 Å². The highest BCUT2D eigenvalue weighted by Crippen LogP contribution is 2.46. The molecule has 2 aliphatic rings. The van der Waals surface area contributed by atoms with E-state index in [2.05, 4.69) is 45.1 Å². The fourth-order valence-corrected chi connectivity index (χ4v) is 4.34. The van der Waals surface area contributed by atoms with E-state index in [1.54, 1.807) is 12.1 Å². The number of carbonyl (C=O) groups is 1. The normalized spacial score (nSPS) is 23.6. The average molecular weight is 362 g/mol. The number of para-hydroxylation sites is 1. The molecule has 1 unspecified atom stereocenters. The molecule has 2 N–H and O–H groups in total. The minimum absolute atomic E-state index is 0.0973. The fraction of sp³-hybridized carbons (Fsp3) is 0.391. The number of anilines is 1. The molecule has 2 aromatic carbocycles. The Kier molecular flexibility index (Phi) is 4.10. The number of aryl methyl sites for hydroxylation is 2. The molecular formula is C23H26N2O2. The lowest BCUT2D eigenvalue weighted by Gasteiger charge is -2.37. The Morgan fingerprint density at radius 1 is 1.11 bits per heavy atom. The molecule has 1 saturated carbocycles. The molecule has 0 bridgehead atoms. The van der Waals surface area contributed by atoms with Crippen LogP contribution in [0.1, 0.15) is 49.4 Å². The van der Waals surface area contributed by atoms with E-state index in [1.165, 1.54) is 11.1 Å². The Labute approximate surface area is 160 Å². The van der Waals surface area contributed by atoms with Crippen molar-refractivity contribution in [2.75, 3.05) is 5.32 Å². The number of rotatable bonds is 1. The Balaban J connectivity index is 1.92. The minimum Gasteiger partial charge on any atom is -0.508 e. The van der Waals surface area contributed by atoms with Crippen LogP contribution >= 0.6 is 0 Å². The first-order valence-corrected chi connectivity index (χ1v) is 9.51. The van der Waals surface area contributed by atoms with Crippen LogP contribution in [0.2, 0.25) is 0 Å². The number of phenols is 1. The maximum Gasteiger partial charge on any atom is 0.144 e. The van der Waals surface area contributed by atoms with E-state index in [4.69, 9.17) is 4.99 Å². The number of aromatic hydroxyl groups is 1. The van der Waals surface area contributed by atoms with E-state index in [0.717, 1.165) is 29.1 Å². The quantitative estimate of drug-likeness (QED) is 0.728. The van der Waals surface area contributed by atoms with Gasteiger partial charge in [0, 0.05) is 17.7 Å². The first-order valence-electron chi connectivity index (χ1n) is 9.51. The van der Waals surface area contributed by atoms with Crippen molar-refractivity contribution in [2.24, 2.45) is 16.3 Å². The SMILES string of the molecule is Cc1cc2c(cc1C)N[C@H](c1ccccc1O)C1C(=O)CC(C)(C)CC1=N2. The van der Waals surface area contributed by atoms with Crippen LogP contribution in [-0.4, -0.2) is 16.6 Å². The molecule has 1 aliphatic carbocycles. The summed E-state index contributed by atoms with van der Waals surface area (Å²) in [6.45, 7) is 8.40. The molecule has 0 spiro atoms. The van der Waals surface area contributed by atoms with Crippen molar-refractivity contribution in [3.63, 3.8) is 0 Å². The van der Waals surface area contributed by atoms with Gasteiger partial charge < -0.3 is 10.4 Å². The van der Waals surface area contributed by atoms with Crippen LogP contribution in [0, 0.1) is 25.2 Å². The van der Waals surface area contributed by atoms with Gasteiger partial charge in [0.2, 0.25) is 0 Å². The predicted octanol–water partition coefficient (Wildman–Crippen LogP) is 5.25. The summed E-state index contributed by atoms with van der Waals surface area (Å²) in [6, 6.07) is 11.1. The maximum atomic E-state index is 13.2. The molecule has 0 saturated heterocycles. The molecule has 4 nitrogen and oxygen atoms in total. The second-order valence-electron chi connectivity index (χ2n) is 8.70. The third-order valence-corrected chi connectivity index (χ3v) is 5.81. The Morgan fingerprint density at radius 3 is 2.56 bits per heavy atom. The van der Waals surface area contributed by atoms with Crippen molar-refractivity contribution in [3.8, 4) is 5.75 Å². The number of carbonyl (C=O) groups excluding carboxylic acids is 1. The van der Waals surface area contributed by atoms with Crippen LogP contribution in [0.15, 0.2) is 41.4 Å². The number of Topliss-reactive ketones (excluding diaryl/α,β-unsaturated/α-hetero) is 1. The van der Waals surface area contributed by atoms with Crippen molar-refractivity contribution in [1.82, 2.24) is 0 Å². The second-order valence-corrected chi connectivity index (χ2v) is 8.70. The summed E-state index contributed by atoms with van der Waals surface area (Å²) in [5.74, 6) is 0.0330. The molecule has 27 heavy (non-hydrogen) atoms. The summed E-state index contributed by atoms with van der Waals surface area (Å²) >= 11 is 0. The number of nitrogens with one attached hydrogen (secondary N) is 1. The van der Waals surface area contributed by atoms with Gasteiger partial charge in [-0.25, -0.2) is 0 Å². The number of aliphatic imine (C=N–C) groups is 1. The van der Waals surface area contributed by atoms with Crippen LogP contribution in [-0.2, 0) is 4.79 Å². The molecule has 1 aliphatic heterocycles. The van der Waals surface area contributed by atoms with E-state index in [0.29, 0.717) is 6.42 Å². The molecule has 4 rings (SSSR count). The van der Waals surface area contributed by atoms with Crippen LogP contribution in [0.25, 0.3) is 0 Å². The van der Waals surface area contributed by atoms with Gasteiger partial charge in [-0.2, -0.15) is 0 Å². The zero-order valence-corrected chi connectivity index (χ0v) is 16.3. The number of ketones is 1. The van der Waals surface area contributed by atoms with Crippen molar-refractivity contribution in [2.45, 2.75) is 46.6 Å². The van der Waals surface area contributed by atoms with Gasteiger partial charge in [-0.05, 0) is 55.0 Å². The van der Waals surface area contributed by atoms with E-state index in [-0.39, 0.29) is 28.9 Å². The van der Waals surface area contributed by atoms with Gasteiger partial charge >= 0.3 is 0 Å². The maximum absolute atomic E-state index is 13.2. The summed E-state index contributed by atoms with van der Waals surface area (Å²) in [5.41, 5.74) is 5.71. The lowest BCUT2D eigenvalue weighted by atomic mass is 9.68. The minimum atomic E-state index is -0.362. The number of nitrogens with zero attached hydrogens (tertiary/aromatic N) is 1. The highest BCUT2D eigenvalue weighted by molar-refractivity contribution is 6.10. The first kappa shape index (κ1) is 17.8. The predicted molar refractivity (Wildman–Crippen MR) is 109 cm³/mol. The van der Waals surface area contributed by atoms with Crippen molar-refractivity contribution in [1.29, 1.82) is 0 Å². The monoisotopic (exact) mass is 362 g/mol. The zero-order chi connectivity index (χ0) is 19.3. The second kappa shape index (κ2) is 6.22. The number of hydrogen-bond donors (Lipinski definition) is 2. The van der Waals surface area contributed by atoms with Gasteiger partial charge in [-0.15, -0.1) is 0 Å². The van der Waals surface area contributed by atoms with Crippen LogP contribution in [0.3, 0.4) is 0 Å². The number of fused-ring (bicyclic) bond motifs is 2. The van der Waals surface area contributed by atoms with Gasteiger partial charge in [-0.3, -0.25) is 9.79 Å². The summed E-state index contributed by atoms with van der Waals surface area (Å²) < 4.78 is 0. The molecule has 140 valence electrons. The van der Waals surface area contributed by atoms with Gasteiger partial charge in [0.15, 0.2) is 0 Å². The molecule has 1 heterocycles. The Hall–Kier alpha value is -2.62. The molecule has 2 aromatic rings. The summed E-state index contributed by atoms with van der Waals surface area (Å²) in [6.07, 6.45) is 1.30. The smallest absolute Gasteiger partial charge is 0.144 e. The summed E-state index contributed by atoms with van der Waals surface area (Å²) in [7, 11) is 0. The van der Waals surface area contributed by atoms with Crippen molar-refractivity contribution in [3.05, 3.63) is 53.1 Å². The van der Waals surface area contributed by atoms with Gasteiger partial charge in [0.25, 0.3) is 0 Å². The van der Waals surface area contributed by atoms with E-state index in [9.17, 15) is 9.90 Å². The number of phenolic OH excluding ortho intramolecular Hbond substituents is 1. The molecule has 0 radical (unpaired) electrons. The van der Waals surface area contributed by atoms with Crippen LogP contribution in [0.4, 0.5) is 11.4 Å². The van der Waals surface area contributed by atoms with Crippen LogP contribution in [0.5, 0.6) is 5.75 Å². The molecule has 0 amide bonds. The van der Waals surface area contributed by atoms with E-state index < -0.39 is 0 Å². The standard InChI is InChI=1S/C23H26N2O2/c1-13-9-16-17(10-14(13)2)25-22(15-7-5-6-8-19(15)26)21-18(24-16)11-23(3,4)12-20(21)27/h5-10,21-22,25-26H,11-12H2,1-4H3/t21?,22-/m1/s1. The number of hydrogen-bond acceptors (Lipinski definition) is 4. The Bertz CT molecular complexity index is 959. The molecular weight excluding hydrogens is 336 g/mol. The lowest BCUT2D eigenvalue weighted by molar-refractivity contribution is -0.124. The molecule has 0 aromatic heterocycles. The summed E-state index contributed by atoms with van der Waals surface area (Å²) in [4.78, 5) is 18.1. The summed E-state index contributed by atoms with van der Waals surface area (Å²) in [5, 5.41) is 14.0. The van der Waals surface area contributed by atoms with E-state index in [1.807, 2.05) is 12.1 Å². The lowest BCUT2D eigenvalue weighted by Crippen LogP contribution is -2.42. The molecule has 1 fully saturated rings. The van der Waals surface area contributed by atoms with Crippen molar-refractivity contribution >= 4 is 22.9 Å². The van der Waals surface area contributed by atoms with E-state index >= 15 is 0 Å². The third-order valence-electron chi connectivity index (χ3n) is 5.81. The number of benzene rings is 2. The largest absolute Gasteiger partial charge is 0.508 e. The third kappa shape index (κ3) is 3.14. The van der Waals surface area contributed by atoms with Gasteiger partial charge in [-0.1, -0.05) is 32.0 Å². The molecule has 4 heteroatoms. The van der Waals surface area contributed by atoms with Gasteiger partial charge in [0.05, 0.1) is 23.3 Å². The highest BCUT2D eigenvalue weighted by atomic mass is 16.3.